The zero-order chi connectivity index (χ0) is 37.7. The number of ether oxygens (including phenoxy) is 1. The number of aliphatic hydroxyl groups is 1. The van der Waals surface area contributed by atoms with Gasteiger partial charge < -0.3 is 20.5 Å². The predicted octanol–water partition coefficient (Wildman–Crippen LogP) is 10.3. The van der Waals surface area contributed by atoms with E-state index in [0.29, 0.717) is 12.8 Å². The molecule has 0 saturated carbocycles. The first kappa shape index (κ1) is 48.9. The smallest absolute Gasteiger partial charge is 0.457 e. The molecule has 0 bridgehead atoms. The average molecular weight is 738 g/mol. The van der Waals surface area contributed by atoms with E-state index in [4.69, 9.17) is 19.5 Å². The van der Waals surface area contributed by atoms with Crippen LogP contribution in [0.4, 0.5) is 0 Å². The van der Waals surface area contributed by atoms with Gasteiger partial charge in [0.2, 0.25) is 0 Å². The fraction of sp³-hybridized carbons (Fsp3) is 0.707. The summed E-state index contributed by atoms with van der Waals surface area (Å²) in [5.74, 6) is -1.11. The van der Waals surface area contributed by atoms with Crippen LogP contribution in [0.3, 0.4) is 0 Å². The van der Waals surface area contributed by atoms with E-state index in [2.05, 4.69) is 74.6 Å². The molecule has 0 radical (unpaired) electrons. The Hall–Kier alpha value is -2.13. The van der Waals surface area contributed by atoms with Crippen LogP contribution in [0.5, 0.6) is 0 Å². The molecule has 294 valence electrons. The molecule has 0 aliphatic heterocycles. The van der Waals surface area contributed by atoms with Crippen molar-refractivity contribution in [1.29, 1.82) is 0 Å². The number of carbonyl (C=O) groups is 2. The van der Waals surface area contributed by atoms with E-state index in [1.165, 1.54) is 19.3 Å². The maximum atomic E-state index is 13.2. The fourth-order valence-corrected chi connectivity index (χ4v) is 6.18. The lowest BCUT2D eigenvalue weighted by Gasteiger charge is -2.26. The van der Waals surface area contributed by atoms with Gasteiger partial charge in [-0.25, -0.2) is 4.57 Å². The zero-order valence-corrected chi connectivity index (χ0v) is 32.9. The van der Waals surface area contributed by atoms with E-state index in [1.54, 1.807) is 0 Å². The van der Waals surface area contributed by atoms with E-state index in [-0.39, 0.29) is 26.0 Å². The normalized spacial score (nSPS) is 14.8. The maximum absolute atomic E-state index is 13.2. The molecule has 0 aromatic heterocycles. The quantitative estimate of drug-likeness (QED) is 0.0247. The molecule has 0 aromatic rings. The SMILES string of the molecule is CC/C=C\C/C=C\C/C=C\CCCCCCCC(=O)C(OP(=O)(O)OCCN)[C@H](CO)OC(=O)CCCCCCC/C=C\C/C=C\CCCCC. The molecule has 0 amide bonds. The molecular formula is C41H72NO8P. The van der Waals surface area contributed by atoms with E-state index in [1.807, 2.05) is 0 Å². The van der Waals surface area contributed by atoms with E-state index in [0.717, 1.165) is 96.3 Å². The van der Waals surface area contributed by atoms with Gasteiger partial charge in [-0.15, -0.1) is 0 Å². The first-order valence-electron chi connectivity index (χ1n) is 19.7. The number of phosphoric ester groups is 1. The van der Waals surface area contributed by atoms with Crippen molar-refractivity contribution in [3.8, 4) is 0 Å². The van der Waals surface area contributed by atoms with Crippen molar-refractivity contribution in [2.45, 2.75) is 167 Å². The zero-order valence-electron chi connectivity index (χ0n) is 32.0. The van der Waals surface area contributed by atoms with Crippen LogP contribution in [-0.4, -0.2) is 53.7 Å². The van der Waals surface area contributed by atoms with Gasteiger partial charge in [0.1, 0.15) is 0 Å². The molecule has 0 spiro atoms. The summed E-state index contributed by atoms with van der Waals surface area (Å²) in [7, 11) is -4.68. The number of hydrogen-bond donors (Lipinski definition) is 3. The third-order valence-electron chi connectivity index (χ3n) is 8.14. The lowest BCUT2D eigenvalue weighted by atomic mass is 10.0. The summed E-state index contributed by atoms with van der Waals surface area (Å²) in [6.07, 6.45) is 39.1. The number of nitrogens with two attached hydrogens (primary N) is 1. The third kappa shape index (κ3) is 32.3. The van der Waals surface area contributed by atoms with Gasteiger partial charge in [-0.05, 0) is 77.0 Å². The summed E-state index contributed by atoms with van der Waals surface area (Å²) < 4.78 is 27.9. The van der Waals surface area contributed by atoms with Gasteiger partial charge in [-0.3, -0.25) is 18.6 Å². The second-order valence-electron chi connectivity index (χ2n) is 12.9. The highest BCUT2D eigenvalue weighted by Gasteiger charge is 2.38. The van der Waals surface area contributed by atoms with Crippen LogP contribution in [0.1, 0.15) is 155 Å². The lowest BCUT2D eigenvalue weighted by molar-refractivity contribution is -0.161. The number of unbranched alkanes of at least 4 members (excludes halogenated alkanes) is 13. The molecule has 0 aliphatic carbocycles. The van der Waals surface area contributed by atoms with Crippen LogP contribution >= 0.6 is 7.82 Å². The van der Waals surface area contributed by atoms with Crippen molar-refractivity contribution in [2.24, 2.45) is 5.73 Å². The summed E-state index contributed by atoms with van der Waals surface area (Å²) >= 11 is 0. The minimum Gasteiger partial charge on any atom is -0.457 e. The highest BCUT2D eigenvalue weighted by molar-refractivity contribution is 7.47. The average Bonchev–Trinajstić information content (AvgIpc) is 3.12. The molecule has 10 heteroatoms. The van der Waals surface area contributed by atoms with Gasteiger partial charge in [0.05, 0.1) is 13.2 Å². The summed E-state index contributed by atoms with van der Waals surface area (Å²) in [6.45, 7) is 3.32. The number of carbonyl (C=O) groups excluding carboxylic acids is 2. The summed E-state index contributed by atoms with van der Waals surface area (Å²) in [5, 5.41) is 10.0. The van der Waals surface area contributed by atoms with Crippen molar-refractivity contribution in [1.82, 2.24) is 0 Å². The van der Waals surface area contributed by atoms with Crippen molar-refractivity contribution in [3.63, 3.8) is 0 Å². The highest BCUT2D eigenvalue weighted by atomic mass is 31.2. The molecule has 0 heterocycles. The van der Waals surface area contributed by atoms with Crippen molar-refractivity contribution in [2.75, 3.05) is 19.8 Å². The fourth-order valence-electron chi connectivity index (χ4n) is 5.24. The van der Waals surface area contributed by atoms with Crippen LogP contribution in [0, 0.1) is 0 Å². The monoisotopic (exact) mass is 737 g/mol. The molecule has 51 heavy (non-hydrogen) atoms. The Balaban J connectivity index is 4.54. The number of phosphoric acid groups is 1. The molecule has 3 atom stereocenters. The second-order valence-corrected chi connectivity index (χ2v) is 14.3. The van der Waals surface area contributed by atoms with Crippen molar-refractivity contribution < 1.29 is 37.9 Å². The van der Waals surface area contributed by atoms with Crippen LogP contribution in [0.15, 0.2) is 60.8 Å². The van der Waals surface area contributed by atoms with Gasteiger partial charge in [0.15, 0.2) is 18.0 Å². The number of esters is 1. The van der Waals surface area contributed by atoms with E-state index in [9.17, 15) is 24.2 Å². The van der Waals surface area contributed by atoms with Gasteiger partial charge in [0.25, 0.3) is 0 Å². The van der Waals surface area contributed by atoms with Crippen molar-refractivity contribution in [3.05, 3.63) is 60.8 Å². The first-order valence-corrected chi connectivity index (χ1v) is 21.2. The Morgan fingerprint density at radius 3 is 1.65 bits per heavy atom. The maximum Gasteiger partial charge on any atom is 0.473 e. The number of ketones is 1. The Labute approximate surface area is 310 Å². The molecule has 4 N–H and O–H groups in total. The Kier molecular flexibility index (Phi) is 34.7. The van der Waals surface area contributed by atoms with Gasteiger partial charge in [-0.2, -0.15) is 0 Å². The third-order valence-corrected chi connectivity index (χ3v) is 9.14. The Bertz CT molecular complexity index is 1040. The summed E-state index contributed by atoms with van der Waals surface area (Å²) in [5.41, 5.74) is 5.38. The molecule has 0 fully saturated rings. The molecule has 0 aliphatic rings. The van der Waals surface area contributed by atoms with E-state index < -0.39 is 38.4 Å². The molecule has 0 aromatic carbocycles. The summed E-state index contributed by atoms with van der Waals surface area (Å²) in [4.78, 5) is 35.9. The van der Waals surface area contributed by atoms with Crippen molar-refractivity contribution >= 4 is 19.6 Å². The van der Waals surface area contributed by atoms with Crippen LogP contribution in [-0.2, 0) is 27.9 Å². The number of Topliss-reactive ketones (excluding diaryl/α,β-unsaturated/α-hetero) is 1. The Morgan fingerprint density at radius 1 is 0.667 bits per heavy atom. The minimum absolute atomic E-state index is 0.0255. The number of rotatable bonds is 36. The topological polar surface area (TPSA) is 145 Å². The molecule has 2 unspecified atom stereocenters. The number of hydrogen-bond acceptors (Lipinski definition) is 8. The molecule has 0 rings (SSSR count). The molecule has 0 saturated heterocycles. The lowest BCUT2D eigenvalue weighted by Crippen LogP contribution is -2.41. The van der Waals surface area contributed by atoms with Gasteiger partial charge in [0, 0.05) is 19.4 Å². The molecular weight excluding hydrogens is 665 g/mol. The van der Waals surface area contributed by atoms with Crippen LogP contribution in [0.2, 0.25) is 0 Å². The number of allylic oxidation sites excluding steroid dienone is 10. The highest BCUT2D eigenvalue weighted by Crippen LogP contribution is 2.45. The van der Waals surface area contributed by atoms with Gasteiger partial charge in [-0.1, -0.05) is 126 Å². The second kappa shape index (κ2) is 36.2. The predicted molar refractivity (Wildman–Crippen MR) is 210 cm³/mol. The van der Waals surface area contributed by atoms with E-state index >= 15 is 0 Å². The Morgan fingerprint density at radius 2 is 1.14 bits per heavy atom. The van der Waals surface area contributed by atoms with Gasteiger partial charge >= 0.3 is 13.8 Å². The van der Waals surface area contributed by atoms with Crippen LogP contribution < -0.4 is 5.73 Å². The van der Waals surface area contributed by atoms with Crippen LogP contribution in [0.25, 0.3) is 0 Å². The first-order chi connectivity index (χ1) is 24.8. The molecule has 9 nitrogen and oxygen atoms in total. The largest absolute Gasteiger partial charge is 0.473 e. The number of aliphatic hydroxyl groups excluding tert-OH is 1. The summed E-state index contributed by atoms with van der Waals surface area (Å²) in [6, 6.07) is 0. The minimum atomic E-state index is -4.68. The standard InChI is InChI=1S/C41H72NO8P/c1-3-5-7-9-11-13-15-17-19-21-23-25-27-29-31-33-38(44)41(50-51(46,47)48-36-35-42)39(37-43)49-40(45)34-32-30-28-26-24-22-20-18-16-14-12-10-8-6-4-2/h5,7,11-14,17-20,39,41,43H,3-4,6,8-10,15-16,21-37,42H2,1-2H3,(H,46,47)/b7-5-,13-11-,14-12-,19-17-,20-18-/t39-,41?/m0/s1.